The van der Waals surface area contributed by atoms with Crippen LogP contribution in [0, 0.1) is 5.82 Å². The van der Waals surface area contributed by atoms with Crippen LogP contribution in [0.15, 0.2) is 36.9 Å². The maximum absolute atomic E-state index is 12.9. The first-order valence-electron chi connectivity index (χ1n) is 5.44. The fraction of sp³-hybridized carbons (Fsp3) is 0.231. The lowest BCUT2D eigenvalue weighted by Crippen LogP contribution is -2.36. The summed E-state index contributed by atoms with van der Waals surface area (Å²) in [5.41, 5.74) is 0.363. The van der Waals surface area contributed by atoms with Gasteiger partial charge in [-0.2, -0.15) is 0 Å². The van der Waals surface area contributed by atoms with E-state index < -0.39 is 5.82 Å². The Bertz CT molecular complexity index is 460. The third kappa shape index (κ3) is 4.37. The Balaban J connectivity index is 2.60. The molecule has 1 aromatic rings. The molecule has 0 saturated carbocycles. The van der Waals surface area contributed by atoms with E-state index in [0.29, 0.717) is 12.2 Å². The average Bonchev–Trinajstić information content (AvgIpc) is 2.28. The van der Waals surface area contributed by atoms with Gasteiger partial charge in [-0.3, -0.25) is 9.59 Å². The molecule has 0 unspecified atom stereocenters. The maximum Gasteiger partial charge on any atom is 0.244 e. The van der Waals surface area contributed by atoms with Crippen molar-refractivity contribution < 1.29 is 14.0 Å². The molecule has 18 heavy (non-hydrogen) atoms. The minimum absolute atomic E-state index is 0.0854. The molecular weight excluding hydrogens is 235 g/mol. The van der Waals surface area contributed by atoms with Crippen LogP contribution >= 0.6 is 0 Å². The molecule has 0 radical (unpaired) electrons. The molecule has 0 heterocycles. The molecular formula is C13H15FN2O2. The number of halogens is 1. The van der Waals surface area contributed by atoms with Crippen molar-refractivity contribution in [1.29, 1.82) is 0 Å². The fourth-order valence-corrected chi connectivity index (χ4v) is 1.40. The summed E-state index contributed by atoms with van der Waals surface area (Å²) in [7, 11) is 0. The average molecular weight is 250 g/mol. The topological polar surface area (TPSA) is 49.4 Å². The molecule has 2 amide bonds. The van der Waals surface area contributed by atoms with Gasteiger partial charge in [-0.25, -0.2) is 4.39 Å². The predicted molar refractivity (Wildman–Crippen MR) is 67.5 cm³/mol. The summed E-state index contributed by atoms with van der Waals surface area (Å²) in [4.78, 5) is 24.2. The van der Waals surface area contributed by atoms with E-state index in [9.17, 15) is 14.0 Å². The van der Waals surface area contributed by atoms with Gasteiger partial charge in [-0.1, -0.05) is 12.1 Å². The number of nitrogens with one attached hydrogen (secondary N) is 1. The van der Waals surface area contributed by atoms with Gasteiger partial charge in [0.1, 0.15) is 12.4 Å². The highest BCUT2D eigenvalue weighted by atomic mass is 19.1. The first-order chi connectivity index (χ1) is 8.52. The van der Waals surface area contributed by atoms with Gasteiger partial charge < -0.3 is 10.2 Å². The van der Waals surface area contributed by atoms with Crippen molar-refractivity contribution in [3.8, 4) is 0 Å². The van der Waals surface area contributed by atoms with Crippen LogP contribution in [0.4, 0.5) is 10.1 Å². The monoisotopic (exact) mass is 250 g/mol. The third-order valence-electron chi connectivity index (χ3n) is 2.24. The summed E-state index contributed by atoms with van der Waals surface area (Å²) in [5.74, 6) is -1.02. The van der Waals surface area contributed by atoms with E-state index >= 15 is 0 Å². The number of amides is 2. The Morgan fingerprint density at radius 3 is 2.78 bits per heavy atom. The van der Waals surface area contributed by atoms with E-state index in [-0.39, 0.29) is 18.4 Å². The smallest absolute Gasteiger partial charge is 0.244 e. The minimum Gasteiger partial charge on any atom is -0.330 e. The van der Waals surface area contributed by atoms with Gasteiger partial charge in [0.25, 0.3) is 0 Å². The van der Waals surface area contributed by atoms with E-state index in [1.54, 1.807) is 6.07 Å². The molecule has 0 aliphatic rings. The van der Waals surface area contributed by atoms with Crippen LogP contribution in [0.1, 0.15) is 6.92 Å². The van der Waals surface area contributed by atoms with E-state index in [1.165, 1.54) is 36.1 Å². The lowest BCUT2D eigenvalue weighted by Gasteiger charge is -2.18. The number of benzene rings is 1. The Morgan fingerprint density at radius 2 is 2.22 bits per heavy atom. The second-order valence-corrected chi connectivity index (χ2v) is 3.75. The normalized spacial score (nSPS) is 9.67. The van der Waals surface area contributed by atoms with Crippen LogP contribution in [0.5, 0.6) is 0 Å². The highest BCUT2D eigenvalue weighted by molar-refractivity contribution is 5.94. The molecule has 0 aliphatic heterocycles. The molecule has 0 fully saturated rings. The summed E-state index contributed by atoms with van der Waals surface area (Å²) in [6, 6.07) is 5.57. The van der Waals surface area contributed by atoms with Gasteiger partial charge in [0.05, 0.1) is 0 Å². The molecule has 96 valence electrons. The maximum atomic E-state index is 12.9. The number of rotatable bonds is 5. The number of anilines is 1. The first kappa shape index (κ1) is 13.9. The van der Waals surface area contributed by atoms with E-state index in [4.69, 9.17) is 0 Å². The largest absolute Gasteiger partial charge is 0.330 e. The number of nitrogens with zero attached hydrogens (tertiary/aromatic N) is 1. The van der Waals surface area contributed by atoms with Crippen molar-refractivity contribution in [1.82, 2.24) is 4.90 Å². The van der Waals surface area contributed by atoms with Crippen LogP contribution in [0.3, 0.4) is 0 Å². The van der Waals surface area contributed by atoms with Gasteiger partial charge >= 0.3 is 0 Å². The van der Waals surface area contributed by atoms with E-state index in [0.717, 1.165) is 0 Å². The first-order valence-corrected chi connectivity index (χ1v) is 5.44. The quantitative estimate of drug-likeness (QED) is 0.810. The lowest BCUT2D eigenvalue weighted by atomic mass is 10.3. The number of carbonyl (C=O) groups excluding carboxylic acids is 2. The molecule has 1 N–H and O–H groups in total. The van der Waals surface area contributed by atoms with Crippen molar-refractivity contribution in [3.05, 3.63) is 42.7 Å². The van der Waals surface area contributed by atoms with Gasteiger partial charge in [-0.05, 0) is 18.2 Å². The van der Waals surface area contributed by atoms with Gasteiger partial charge in [-0.15, -0.1) is 6.58 Å². The molecule has 4 nitrogen and oxygen atoms in total. The van der Waals surface area contributed by atoms with Crippen molar-refractivity contribution in [3.63, 3.8) is 0 Å². The zero-order valence-electron chi connectivity index (χ0n) is 10.1. The SMILES string of the molecule is C=CCN(CC(=O)Nc1cccc(F)c1)C(C)=O. The van der Waals surface area contributed by atoms with Crippen LogP contribution in [-0.2, 0) is 9.59 Å². The predicted octanol–water partition coefficient (Wildman–Crippen LogP) is 1.80. The summed E-state index contributed by atoms with van der Waals surface area (Å²) in [6.45, 7) is 5.10. The van der Waals surface area contributed by atoms with Crippen LogP contribution in [0.2, 0.25) is 0 Å². The number of hydrogen-bond donors (Lipinski definition) is 1. The number of hydrogen-bond acceptors (Lipinski definition) is 2. The molecule has 0 aliphatic carbocycles. The van der Waals surface area contributed by atoms with Crippen molar-refractivity contribution in [2.24, 2.45) is 0 Å². The lowest BCUT2D eigenvalue weighted by molar-refractivity contribution is -0.132. The summed E-state index contributed by atoms with van der Waals surface area (Å²) in [6.07, 6.45) is 1.54. The Hall–Kier alpha value is -2.17. The Labute approximate surface area is 105 Å². The zero-order valence-corrected chi connectivity index (χ0v) is 10.1. The molecule has 0 saturated heterocycles. The van der Waals surface area contributed by atoms with Crippen LogP contribution in [-0.4, -0.2) is 29.8 Å². The molecule has 0 atom stereocenters. The number of carbonyl (C=O) groups is 2. The van der Waals surface area contributed by atoms with Crippen molar-refractivity contribution in [2.75, 3.05) is 18.4 Å². The van der Waals surface area contributed by atoms with Crippen LogP contribution in [0.25, 0.3) is 0 Å². The van der Waals surface area contributed by atoms with Crippen molar-refractivity contribution >= 4 is 17.5 Å². The Kier molecular flexibility index (Phi) is 5.05. The summed E-state index contributed by atoms with van der Waals surface area (Å²) >= 11 is 0. The van der Waals surface area contributed by atoms with Gasteiger partial charge in [0.2, 0.25) is 11.8 Å². The summed E-state index contributed by atoms with van der Waals surface area (Å²) < 4.78 is 12.9. The van der Waals surface area contributed by atoms with E-state index in [1.807, 2.05) is 0 Å². The highest BCUT2D eigenvalue weighted by Crippen LogP contribution is 2.08. The molecule has 0 bridgehead atoms. The molecule has 0 spiro atoms. The van der Waals surface area contributed by atoms with Crippen LogP contribution < -0.4 is 5.32 Å². The minimum atomic E-state index is -0.428. The van der Waals surface area contributed by atoms with Gasteiger partial charge in [0.15, 0.2) is 0 Å². The molecule has 1 aromatic carbocycles. The van der Waals surface area contributed by atoms with Crippen molar-refractivity contribution in [2.45, 2.75) is 6.92 Å². The second-order valence-electron chi connectivity index (χ2n) is 3.75. The highest BCUT2D eigenvalue weighted by Gasteiger charge is 2.12. The van der Waals surface area contributed by atoms with Gasteiger partial charge in [0, 0.05) is 19.2 Å². The second kappa shape index (κ2) is 6.54. The molecule has 0 aromatic heterocycles. The fourth-order valence-electron chi connectivity index (χ4n) is 1.40. The Morgan fingerprint density at radius 1 is 1.50 bits per heavy atom. The third-order valence-corrected chi connectivity index (χ3v) is 2.24. The zero-order chi connectivity index (χ0) is 13.5. The standard InChI is InChI=1S/C13H15FN2O2/c1-3-7-16(10(2)17)9-13(18)15-12-6-4-5-11(14)8-12/h3-6,8H,1,7,9H2,2H3,(H,15,18). The summed E-state index contributed by atoms with van der Waals surface area (Å²) in [5, 5.41) is 2.52. The molecule has 5 heteroatoms. The molecule has 1 rings (SSSR count). The van der Waals surface area contributed by atoms with E-state index in [2.05, 4.69) is 11.9 Å².